The van der Waals surface area contributed by atoms with Gasteiger partial charge in [0.25, 0.3) is 5.69 Å². The van der Waals surface area contributed by atoms with Crippen LogP contribution < -0.4 is 11.1 Å². The Balaban J connectivity index is 0.00000400. The van der Waals surface area contributed by atoms with E-state index in [1.165, 1.54) is 23.9 Å². The molecule has 0 saturated carbocycles. The van der Waals surface area contributed by atoms with E-state index in [0.29, 0.717) is 6.54 Å². The van der Waals surface area contributed by atoms with Gasteiger partial charge in [-0.1, -0.05) is 0 Å². The van der Waals surface area contributed by atoms with E-state index in [-0.39, 0.29) is 29.3 Å². The fourth-order valence-corrected chi connectivity index (χ4v) is 2.26. The van der Waals surface area contributed by atoms with Gasteiger partial charge in [-0.3, -0.25) is 14.9 Å². The number of rotatable bonds is 6. The Morgan fingerprint density at radius 3 is 2.38 bits per heavy atom. The number of hydrogen-bond donors (Lipinski definition) is 2. The van der Waals surface area contributed by atoms with Gasteiger partial charge in [0.05, 0.1) is 10.2 Å². The summed E-state index contributed by atoms with van der Waals surface area (Å²) in [7, 11) is 0. The third kappa shape index (κ3) is 6.33. The van der Waals surface area contributed by atoms with Crippen molar-refractivity contribution in [1.82, 2.24) is 5.32 Å². The molecule has 0 spiro atoms. The molecule has 0 aliphatic heterocycles. The molecule has 1 unspecified atom stereocenters. The minimum atomic E-state index is -0.450. The molecule has 0 bridgehead atoms. The lowest BCUT2D eigenvalue weighted by atomic mass is 10.1. The first-order valence-corrected chi connectivity index (χ1v) is 7.06. The van der Waals surface area contributed by atoms with E-state index in [9.17, 15) is 14.9 Å². The first kappa shape index (κ1) is 19.7. The van der Waals surface area contributed by atoms with E-state index in [2.05, 4.69) is 5.32 Å². The molecule has 1 aromatic rings. The molecule has 0 aliphatic carbocycles. The second-order valence-corrected chi connectivity index (χ2v) is 6.50. The Morgan fingerprint density at radius 2 is 1.95 bits per heavy atom. The molecular weight excluding hydrogens is 314 g/mol. The van der Waals surface area contributed by atoms with Gasteiger partial charge in [0, 0.05) is 29.1 Å². The van der Waals surface area contributed by atoms with Crippen molar-refractivity contribution in [3.8, 4) is 0 Å². The molecule has 1 amide bonds. The number of carbonyl (C=O) groups is 1. The van der Waals surface area contributed by atoms with Crippen molar-refractivity contribution in [2.45, 2.75) is 36.5 Å². The van der Waals surface area contributed by atoms with Gasteiger partial charge in [-0.05, 0) is 32.9 Å². The number of benzene rings is 1. The molecule has 0 heterocycles. The van der Waals surface area contributed by atoms with Crippen molar-refractivity contribution in [3.63, 3.8) is 0 Å². The van der Waals surface area contributed by atoms with Crippen LogP contribution in [0.1, 0.15) is 20.8 Å². The average Bonchev–Trinajstić information content (AvgIpc) is 2.38. The van der Waals surface area contributed by atoms with Crippen LogP contribution in [0.4, 0.5) is 5.69 Å². The third-order valence-corrected chi connectivity index (χ3v) is 3.81. The van der Waals surface area contributed by atoms with Crippen LogP contribution in [-0.4, -0.2) is 28.2 Å². The molecule has 0 saturated heterocycles. The van der Waals surface area contributed by atoms with Gasteiger partial charge < -0.3 is 11.1 Å². The fraction of sp³-hybridized carbons (Fsp3) is 0.462. The van der Waals surface area contributed by atoms with E-state index < -0.39 is 10.5 Å². The summed E-state index contributed by atoms with van der Waals surface area (Å²) in [5.74, 6) is -0.108. The number of nitrogens with one attached hydrogen (secondary N) is 1. The van der Waals surface area contributed by atoms with Crippen molar-refractivity contribution in [3.05, 3.63) is 34.4 Å². The zero-order valence-corrected chi connectivity index (χ0v) is 13.8. The number of nitro benzene ring substituents is 1. The Morgan fingerprint density at radius 1 is 1.43 bits per heavy atom. The van der Waals surface area contributed by atoms with Gasteiger partial charge >= 0.3 is 0 Å². The second-order valence-electron chi connectivity index (χ2n) is 5.09. The third-order valence-electron chi connectivity index (χ3n) is 2.70. The average molecular weight is 334 g/mol. The highest BCUT2D eigenvalue weighted by molar-refractivity contribution is 8.00. The molecule has 118 valence electrons. The van der Waals surface area contributed by atoms with Crippen molar-refractivity contribution < 1.29 is 9.72 Å². The van der Waals surface area contributed by atoms with E-state index in [4.69, 9.17) is 5.73 Å². The van der Waals surface area contributed by atoms with E-state index in [1.54, 1.807) is 19.1 Å². The van der Waals surface area contributed by atoms with Crippen molar-refractivity contribution in [2.75, 3.05) is 6.54 Å². The van der Waals surface area contributed by atoms with Crippen molar-refractivity contribution in [2.24, 2.45) is 5.73 Å². The number of amides is 1. The maximum absolute atomic E-state index is 12.0. The molecule has 3 N–H and O–H groups in total. The summed E-state index contributed by atoms with van der Waals surface area (Å²) in [6.07, 6.45) is 0. The summed E-state index contributed by atoms with van der Waals surface area (Å²) in [6, 6.07) is 6.13. The standard InChI is InChI=1S/C13H19N3O3S.ClH/c1-9(12(17)15-13(2,3)8-14)20-11-6-4-10(5-7-11)16(18)19;/h4-7,9H,8,14H2,1-3H3,(H,15,17);1H. The fourth-order valence-electron chi connectivity index (χ4n) is 1.39. The zero-order valence-electron chi connectivity index (χ0n) is 12.2. The molecule has 1 rings (SSSR count). The van der Waals surface area contributed by atoms with Gasteiger partial charge in [-0.25, -0.2) is 0 Å². The lowest BCUT2D eigenvalue weighted by molar-refractivity contribution is -0.384. The van der Waals surface area contributed by atoms with Gasteiger partial charge in [0.15, 0.2) is 0 Å². The molecule has 0 radical (unpaired) electrons. The van der Waals surface area contributed by atoms with Crippen LogP contribution in [0, 0.1) is 10.1 Å². The van der Waals surface area contributed by atoms with Crippen LogP contribution in [0.2, 0.25) is 0 Å². The Bertz CT molecular complexity index is 494. The molecular formula is C13H20ClN3O3S. The molecule has 1 atom stereocenters. The number of non-ortho nitro benzene ring substituents is 1. The monoisotopic (exact) mass is 333 g/mol. The van der Waals surface area contributed by atoms with Crippen LogP contribution in [0.15, 0.2) is 29.2 Å². The highest BCUT2D eigenvalue weighted by Crippen LogP contribution is 2.25. The number of nitro groups is 1. The normalized spacial score (nSPS) is 12.2. The quantitative estimate of drug-likeness (QED) is 0.473. The maximum atomic E-state index is 12.0. The molecule has 0 aliphatic rings. The number of hydrogen-bond acceptors (Lipinski definition) is 5. The topological polar surface area (TPSA) is 98.3 Å². The minimum absolute atomic E-state index is 0. The number of nitrogens with two attached hydrogens (primary N) is 1. The Hall–Kier alpha value is -1.31. The maximum Gasteiger partial charge on any atom is 0.269 e. The van der Waals surface area contributed by atoms with Crippen LogP contribution in [0.5, 0.6) is 0 Å². The summed E-state index contributed by atoms with van der Waals surface area (Å²) in [5, 5.41) is 13.1. The van der Waals surface area contributed by atoms with Gasteiger partial charge in [-0.2, -0.15) is 0 Å². The predicted molar refractivity (Wildman–Crippen MR) is 86.9 cm³/mol. The zero-order chi connectivity index (χ0) is 15.3. The van der Waals surface area contributed by atoms with Crippen LogP contribution >= 0.6 is 24.2 Å². The lowest BCUT2D eigenvalue weighted by Gasteiger charge is -2.26. The van der Waals surface area contributed by atoms with Crippen molar-refractivity contribution in [1.29, 1.82) is 0 Å². The van der Waals surface area contributed by atoms with Crippen molar-refractivity contribution >= 4 is 35.8 Å². The largest absolute Gasteiger partial charge is 0.349 e. The molecule has 21 heavy (non-hydrogen) atoms. The first-order valence-electron chi connectivity index (χ1n) is 6.18. The number of nitrogens with zero attached hydrogens (tertiary/aromatic N) is 1. The Labute approximate surface area is 134 Å². The number of halogens is 1. The number of thioether (sulfide) groups is 1. The van der Waals surface area contributed by atoms with Crippen LogP contribution in [-0.2, 0) is 4.79 Å². The van der Waals surface area contributed by atoms with E-state index >= 15 is 0 Å². The molecule has 6 nitrogen and oxygen atoms in total. The molecule has 8 heteroatoms. The number of carbonyl (C=O) groups excluding carboxylic acids is 1. The van der Waals surface area contributed by atoms with Gasteiger partial charge in [0.1, 0.15) is 0 Å². The summed E-state index contributed by atoms with van der Waals surface area (Å²) >= 11 is 1.35. The molecule has 0 fully saturated rings. The molecule has 1 aromatic carbocycles. The highest BCUT2D eigenvalue weighted by Gasteiger charge is 2.22. The summed E-state index contributed by atoms with van der Waals surface area (Å²) in [5.41, 5.74) is 5.16. The predicted octanol–water partition coefficient (Wildman–Crippen LogP) is 2.35. The summed E-state index contributed by atoms with van der Waals surface area (Å²) in [6.45, 7) is 5.85. The van der Waals surface area contributed by atoms with Crippen LogP contribution in [0.3, 0.4) is 0 Å². The minimum Gasteiger partial charge on any atom is -0.349 e. The summed E-state index contributed by atoms with van der Waals surface area (Å²) < 4.78 is 0. The Kier molecular flexibility index (Phi) is 7.70. The van der Waals surface area contributed by atoms with Gasteiger partial charge in [0.2, 0.25) is 5.91 Å². The van der Waals surface area contributed by atoms with E-state index in [1.807, 2.05) is 13.8 Å². The highest BCUT2D eigenvalue weighted by atomic mass is 35.5. The lowest BCUT2D eigenvalue weighted by Crippen LogP contribution is -2.51. The molecule has 0 aromatic heterocycles. The SMILES string of the molecule is CC(Sc1ccc([N+](=O)[O-])cc1)C(=O)NC(C)(C)CN.Cl. The van der Waals surface area contributed by atoms with Gasteiger partial charge in [-0.15, -0.1) is 24.2 Å². The summed E-state index contributed by atoms with van der Waals surface area (Å²) in [4.78, 5) is 22.9. The second kappa shape index (κ2) is 8.21. The first-order chi connectivity index (χ1) is 9.25. The van der Waals surface area contributed by atoms with Crippen LogP contribution in [0.25, 0.3) is 0 Å². The van der Waals surface area contributed by atoms with E-state index in [0.717, 1.165) is 4.90 Å². The smallest absolute Gasteiger partial charge is 0.269 e.